The van der Waals surface area contributed by atoms with Gasteiger partial charge in [-0.15, -0.1) is 0 Å². The van der Waals surface area contributed by atoms with Gasteiger partial charge in [-0.3, -0.25) is 9.69 Å². The summed E-state index contributed by atoms with van der Waals surface area (Å²) >= 11 is 5.11. The summed E-state index contributed by atoms with van der Waals surface area (Å²) in [6.45, 7) is 5.27. The van der Waals surface area contributed by atoms with E-state index in [1.807, 2.05) is 36.4 Å². The number of rotatable bonds is 6. The maximum atomic E-state index is 12.2. The fourth-order valence-corrected chi connectivity index (χ4v) is 4.87. The Balaban J connectivity index is 1.27. The third kappa shape index (κ3) is 4.71. The number of thiazole rings is 1. The molecule has 6 nitrogen and oxygen atoms in total. The number of carbonyl (C=O) groups excluding carboxylic acids is 1. The number of aromatic nitrogens is 1. The predicted octanol–water partition coefficient (Wildman–Crippen LogP) is 3.62. The van der Waals surface area contributed by atoms with E-state index in [0.29, 0.717) is 12.1 Å². The van der Waals surface area contributed by atoms with Crippen LogP contribution in [0, 0.1) is 0 Å². The van der Waals surface area contributed by atoms with Crippen molar-refractivity contribution in [2.24, 2.45) is 0 Å². The molecule has 1 N–H and O–H groups in total. The number of fused-ring (bicyclic) bond motifs is 1. The van der Waals surface area contributed by atoms with E-state index in [9.17, 15) is 4.79 Å². The van der Waals surface area contributed by atoms with Crippen molar-refractivity contribution in [3.05, 3.63) is 52.5 Å². The first-order valence-corrected chi connectivity index (χ1v) is 11.2. The van der Waals surface area contributed by atoms with Crippen LogP contribution in [-0.2, 0) is 0 Å². The van der Waals surface area contributed by atoms with E-state index in [1.54, 1.807) is 18.4 Å². The topological polar surface area (TPSA) is 57.7 Å². The van der Waals surface area contributed by atoms with Crippen LogP contribution in [0.15, 0.2) is 46.9 Å². The quantitative estimate of drug-likeness (QED) is 0.591. The highest BCUT2D eigenvalue weighted by molar-refractivity contribution is 9.10. The maximum absolute atomic E-state index is 12.2. The number of hydrogen-bond acceptors (Lipinski definition) is 6. The molecule has 0 saturated carbocycles. The largest absolute Gasteiger partial charge is 0.494 e. The van der Waals surface area contributed by atoms with Crippen LogP contribution in [0.2, 0.25) is 0 Å². The molecule has 8 heteroatoms. The molecule has 0 radical (unpaired) electrons. The Morgan fingerprint density at radius 2 is 2.00 bits per heavy atom. The highest BCUT2D eigenvalue weighted by Crippen LogP contribution is 2.34. The summed E-state index contributed by atoms with van der Waals surface area (Å²) in [6, 6.07) is 13.5. The lowest BCUT2D eigenvalue weighted by atomic mass is 10.2. The van der Waals surface area contributed by atoms with Crippen molar-refractivity contribution < 1.29 is 9.53 Å². The zero-order valence-corrected chi connectivity index (χ0v) is 18.6. The van der Waals surface area contributed by atoms with E-state index in [2.05, 4.69) is 37.1 Å². The summed E-state index contributed by atoms with van der Waals surface area (Å²) in [5.74, 6) is 0.790. The van der Waals surface area contributed by atoms with Crippen molar-refractivity contribution >= 4 is 48.5 Å². The molecular formula is C21H23BrN4O2S. The fourth-order valence-electron chi connectivity index (χ4n) is 3.43. The van der Waals surface area contributed by atoms with Crippen molar-refractivity contribution in [1.82, 2.24) is 15.2 Å². The first-order chi connectivity index (χ1) is 14.1. The van der Waals surface area contributed by atoms with Crippen LogP contribution in [0.3, 0.4) is 0 Å². The summed E-state index contributed by atoms with van der Waals surface area (Å²) in [4.78, 5) is 21.8. The number of ether oxygens (including phenoxy) is 1. The second-order valence-electron chi connectivity index (χ2n) is 6.90. The second kappa shape index (κ2) is 9.11. The minimum atomic E-state index is -0.0339. The van der Waals surface area contributed by atoms with E-state index in [0.717, 1.165) is 58.3 Å². The molecule has 1 aromatic heterocycles. The molecule has 1 amide bonds. The van der Waals surface area contributed by atoms with Crippen molar-refractivity contribution in [3.63, 3.8) is 0 Å². The molecule has 0 atom stereocenters. The highest BCUT2D eigenvalue weighted by Gasteiger charge is 2.20. The third-order valence-electron chi connectivity index (χ3n) is 5.03. The molecule has 1 aliphatic rings. The monoisotopic (exact) mass is 474 g/mol. The van der Waals surface area contributed by atoms with Gasteiger partial charge in [-0.2, -0.15) is 0 Å². The van der Waals surface area contributed by atoms with E-state index >= 15 is 0 Å². The molecule has 0 spiro atoms. The van der Waals surface area contributed by atoms with Crippen LogP contribution < -0.4 is 15.0 Å². The van der Waals surface area contributed by atoms with Gasteiger partial charge in [0.2, 0.25) is 0 Å². The lowest BCUT2D eigenvalue weighted by Gasteiger charge is -2.34. The summed E-state index contributed by atoms with van der Waals surface area (Å²) in [5, 5.41) is 4.06. The van der Waals surface area contributed by atoms with Gasteiger partial charge < -0.3 is 15.0 Å². The van der Waals surface area contributed by atoms with Crippen LogP contribution in [0.25, 0.3) is 10.2 Å². The van der Waals surface area contributed by atoms with Crippen molar-refractivity contribution in [3.8, 4) is 5.75 Å². The Morgan fingerprint density at radius 1 is 1.21 bits per heavy atom. The Kier molecular flexibility index (Phi) is 6.32. The number of nitrogens with zero attached hydrogens (tertiary/aromatic N) is 3. The van der Waals surface area contributed by atoms with Gasteiger partial charge in [0.1, 0.15) is 11.3 Å². The number of nitrogens with one attached hydrogen (secondary N) is 1. The predicted molar refractivity (Wildman–Crippen MR) is 121 cm³/mol. The number of carbonyl (C=O) groups is 1. The number of benzene rings is 2. The average Bonchev–Trinajstić information content (AvgIpc) is 3.18. The minimum absolute atomic E-state index is 0.0339. The smallest absolute Gasteiger partial charge is 0.251 e. The van der Waals surface area contributed by atoms with Crippen LogP contribution in [0.4, 0.5) is 5.13 Å². The van der Waals surface area contributed by atoms with Crippen molar-refractivity contribution in [1.29, 1.82) is 0 Å². The molecule has 152 valence electrons. The first-order valence-electron chi connectivity index (χ1n) is 9.58. The lowest BCUT2D eigenvalue weighted by Crippen LogP contribution is -2.48. The molecule has 0 bridgehead atoms. The van der Waals surface area contributed by atoms with Gasteiger partial charge in [0.25, 0.3) is 5.91 Å². The number of halogens is 1. The Labute approximate surface area is 182 Å². The Morgan fingerprint density at radius 3 is 2.76 bits per heavy atom. The zero-order valence-electron chi connectivity index (χ0n) is 16.2. The summed E-state index contributed by atoms with van der Waals surface area (Å²) in [7, 11) is 1.68. The molecule has 3 aromatic rings. The van der Waals surface area contributed by atoms with E-state index in [-0.39, 0.29) is 5.91 Å². The molecule has 0 unspecified atom stereocenters. The number of hydrogen-bond donors (Lipinski definition) is 1. The molecule has 0 aliphatic carbocycles. The standard InChI is InChI=1S/C21H23BrN4O2S/c1-28-17-6-3-7-18-19(17)24-21(29-18)26-12-10-25(11-13-26)9-8-23-20(27)15-4-2-5-16(22)14-15/h2-7,14H,8-13H2,1H3,(H,23,27). The Hall–Kier alpha value is -2.16. The number of anilines is 1. The van der Waals surface area contributed by atoms with Gasteiger partial charge in [-0.25, -0.2) is 4.98 Å². The minimum Gasteiger partial charge on any atom is -0.494 e. The van der Waals surface area contributed by atoms with Gasteiger partial charge in [0.05, 0.1) is 11.8 Å². The number of amides is 1. The van der Waals surface area contributed by atoms with Crippen molar-refractivity contribution in [2.75, 3.05) is 51.3 Å². The fraction of sp³-hybridized carbons (Fsp3) is 0.333. The molecule has 1 fully saturated rings. The maximum Gasteiger partial charge on any atom is 0.251 e. The molecule has 1 aliphatic heterocycles. The van der Waals surface area contributed by atoms with Gasteiger partial charge in [0.15, 0.2) is 5.13 Å². The Bertz CT molecular complexity index is 1000. The summed E-state index contributed by atoms with van der Waals surface area (Å²) < 4.78 is 7.49. The molecule has 2 heterocycles. The summed E-state index contributed by atoms with van der Waals surface area (Å²) in [5.41, 5.74) is 1.61. The van der Waals surface area contributed by atoms with Gasteiger partial charge in [0, 0.05) is 49.3 Å². The normalized spacial score (nSPS) is 14.9. The molecule has 2 aromatic carbocycles. The van der Waals surface area contributed by atoms with Crippen LogP contribution in [0.5, 0.6) is 5.75 Å². The van der Waals surface area contributed by atoms with Gasteiger partial charge >= 0.3 is 0 Å². The van der Waals surface area contributed by atoms with Gasteiger partial charge in [-0.1, -0.05) is 39.4 Å². The average molecular weight is 475 g/mol. The summed E-state index contributed by atoms with van der Waals surface area (Å²) in [6.07, 6.45) is 0. The van der Waals surface area contributed by atoms with Crippen molar-refractivity contribution in [2.45, 2.75) is 0 Å². The molecule has 1 saturated heterocycles. The number of piperazine rings is 1. The lowest BCUT2D eigenvalue weighted by molar-refractivity contribution is 0.0947. The molecule has 29 heavy (non-hydrogen) atoms. The van der Waals surface area contributed by atoms with E-state index in [4.69, 9.17) is 9.72 Å². The molecule has 4 rings (SSSR count). The first kappa shape index (κ1) is 20.1. The van der Waals surface area contributed by atoms with E-state index < -0.39 is 0 Å². The van der Waals surface area contributed by atoms with Crippen LogP contribution in [-0.4, -0.2) is 62.2 Å². The van der Waals surface area contributed by atoms with Crippen LogP contribution >= 0.6 is 27.3 Å². The van der Waals surface area contributed by atoms with Crippen LogP contribution in [0.1, 0.15) is 10.4 Å². The second-order valence-corrected chi connectivity index (χ2v) is 8.82. The number of para-hydroxylation sites is 1. The number of methoxy groups -OCH3 is 1. The van der Waals surface area contributed by atoms with Gasteiger partial charge in [-0.05, 0) is 30.3 Å². The van der Waals surface area contributed by atoms with E-state index in [1.165, 1.54) is 0 Å². The SMILES string of the molecule is COc1cccc2sc(N3CCN(CCNC(=O)c4cccc(Br)c4)CC3)nc12. The highest BCUT2D eigenvalue weighted by atomic mass is 79.9. The molecular weight excluding hydrogens is 452 g/mol. The third-order valence-corrected chi connectivity index (χ3v) is 6.61. The zero-order chi connectivity index (χ0) is 20.2.